The van der Waals surface area contributed by atoms with Gasteiger partial charge >= 0.3 is 0 Å². The molecule has 1 saturated heterocycles. The first kappa shape index (κ1) is 11.5. The molecule has 2 unspecified atom stereocenters. The zero-order valence-corrected chi connectivity index (χ0v) is 10.2. The summed E-state index contributed by atoms with van der Waals surface area (Å²) >= 11 is 0. The Morgan fingerprint density at radius 3 is 3.06 bits per heavy atom. The van der Waals surface area contributed by atoms with Crippen LogP contribution in [0, 0.1) is 12.8 Å². The molecule has 1 aromatic carbocycles. The van der Waals surface area contributed by atoms with Crippen LogP contribution in [-0.2, 0) is 0 Å². The zero-order valence-electron chi connectivity index (χ0n) is 10.2. The smallest absolute Gasteiger partial charge is 0.119 e. The number of hydrogen-bond donors (Lipinski definition) is 1. The second-order valence-electron chi connectivity index (χ2n) is 4.80. The first-order chi connectivity index (χ1) is 7.75. The molecule has 1 N–H and O–H groups in total. The maximum atomic E-state index is 6.09. The fourth-order valence-electron chi connectivity index (χ4n) is 2.21. The first-order valence-electron chi connectivity index (χ1n) is 6.20. The van der Waals surface area contributed by atoms with E-state index in [1.807, 2.05) is 0 Å². The third-order valence-corrected chi connectivity index (χ3v) is 3.22. The lowest BCUT2D eigenvalue weighted by Gasteiger charge is -2.22. The number of benzene rings is 1. The molecule has 0 bridgehead atoms. The van der Waals surface area contributed by atoms with E-state index in [2.05, 4.69) is 43.4 Å². The van der Waals surface area contributed by atoms with Crippen LogP contribution in [0.3, 0.4) is 0 Å². The summed E-state index contributed by atoms with van der Waals surface area (Å²) in [7, 11) is 0. The van der Waals surface area contributed by atoms with Crippen LogP contribution in [0.5, 0.6) is 5.75 Å². The quantitative estimate of drug-likeness (QED) is 0.826. The highest BCUT2D eigenvalue weighted by molar-refractivity contribution is 5.27. The monoisotopic (exact) mass is 219 g/mol. The Hall–Kier alpha value is -1.02. The van der Waals surface area contributed by atoms with Gasteiger partial charge in [-0.05, 0) is 44.0 Å². The van der Waals surface area contributed by atoms with Crippen molar-refractivity contribution in [2.75, 3.05) is 13.1 Å². The molecule has 0 amide bonds. The lowest BCUT2D eigenvalue weighted by atomic mass is 10.0. The van der Waals surface area contributed by atoms with E-state index < -0.39 is 0 Å². The average molecular weight is 219 g/mol. The Balaban J connectivity index is 2.02. The summed E-state index contributed by atoms with van der Waals surface area (Å²) in [6.45, 7) is 6.55. The molecule has 2 rings (SSSR count). The SMILES string of the molecule is Cc1cccc(OC2CCCNCC2C)c1. The van der Waals surface area contributed by atoms with Crippen molar-refractivity contribution in [2.24, 2.45) is 5.92 Å². The molecule has 0 spiro atoms. The van der Waals surface area contributed by atoms with Gasteiger partial charge in [0.05, 0.1) is 0 Å². The fourth-order valence-corrected chi connectivity index (χ4v) is 2.21. The number of nitrogens with one attached hydrogen (secondary N) is 1. The molecule has 1 aliphatic rings. The third kappa shape index (κ3) is 2.99. The van der Waals surface area contributed by atoms with Crippen LogP contribution in [0.4, 0.5) is 0 Å². The van der Waals surface area contributed by atoms with Gasteiger partial charge in [0, 0.05) is 12.5 Å². The van der Waals surface area contributed by atoms with Crippen LogP contribution < -0.4 is 10.1 Å². The minimum Gasteiger partial charge on any atom is -0.490 e. The molecule has 2 heteroatoms. The maximum Gasteiger partial charge on any atom is 0.119 e. The molecule has 2 nitrogen and oxygen atoms in total. The van der Waals surface area contributed by atoms with Crippen molar-refractivity contribution in [3.05, 3.63) is 29.8 Å². The Morgan fingerprint density at radius 1 is 1.38 bits per heavy atom. The predicted molar refractivity (Wildman–Crippen MR) is 66.9 cm³/mol. The standard InChI is InChI=1S/C14H21NO/c1-11-5-3-6-13(9-11)16-14-7-4-8-15-10-12(14)2/h3,5-6,9,12,14-15H,4,7-8,10H2,1-2H3. The normalized spacial score (nSPS) is 26.1. The summed E-state index contributed by atoms with van der Waals surface area (Å²) in [5, 5.41) is 3.44. The molecule has 16 heavy (non-hydrogen) atoms. The summed E-state index contributed by atoms with van der Waals surface area (Å²) in [4.78, 5) is 0. The van der Waals surface area contributed by atoms with Gasteiger partial charge in [-0.25, -0.2) is 0 Å². The lowest BCUT2D eigenvalue weighted by Crippen LogP contribution is -2.29. The molecule has 0 aromatic heterocycles. The van der Waals surface area contributed by atoms with E-state index in [0.717, 1.165) is 25.3 Å². The second-order valence-corrected chi connectivity index (χ2v) is 4.80. The van der Waals surface area contributed by atoms with Crippen LogP contribution in [0.15, 0.2) is 24.3 Å². The Morgan fingerprint density at radius 2 is 2.25 bits per heavy atom. The van der Waals surface area contributed by atoms with Gasteiger partial charge in [0.1, 0.15) is 11.9 Å². The molecule has 88 valence electrons. The lowest BCUT2D eigenvalue weighted by molar-refractivity contribution is 0.141. The van der Waals surface area contributed by atoms with Crippen molar-refractivity contribution < 1.29 is 4.74 Å². The van der Waals surface area contributed by atoms with Gasteiger partial charge < -0.3 is 10.1 Å². The topological polar surface area (TPSA) is 21.3 Å². The van der Waals surface area contributed by atoms with Crippen LogP contribution >= 0.6 is 0 Å². The highest BCUT2D eigenvalue weighted by atomic mass is 16.5. The van der Waals surface area contributed by atoms with Crippen molar-refractivity contribution >= 4 is 0 Å². The molecular formula is C14H21NO. The van der Waals surface area contributed by atoms with Gasteiger partial charge in [0.15, 0.2) is 0 Å². The highest BCUT2D eigenvalue weighted by Crippen LogP contribution is 2.21. The van der Waals surface area contributed by atoms with Gasteiger partial charge in [0.2, 0.25) is 0 Å². The minimum absolute atomic E-state index is 0.358. The van der Waals surface area contributed by atoms with Gasteiger partial charge in [-0.3, -0.25) is 0 Å². The Bertz CT molecular complexity index is 337. The van der Waals surface area contributed by atoms with Crippen LogP contribution in [-0.4, -0.2) is 19.2 Å². The molecule has 0 aliphatic carbocycles. The van der Waals surface area contributed by atoms with E-state index in [0.29, 0.717) is 12.0 Å². The van der Waals surface area contributed by atoms with Crippen molar-refractivity contribution in [2.45, 2.75) is 32.8 Å². The largest absolute Gasteiger partial charge is 0.490 e. The minimum atomic E-state index is 0.358. The van der Waals surface area contributed by atoms with Crippen molar-refractivity contribution in [3.8, 4) is 5.75 Å². The van der Waals surface area contributed by atoms with Crippen molar-refractivity contribution in [1.29, 1.82) is 0 Å². The average Bonchev–Trinajstić information content (AvgIpc) is 2.45. The Labute approximate surface area is 98.0 Å². The van der Waals surface area contributed by atoms with Gasteiger partial charge in [0.25, 0.3) is 0 Å². The van der Waals surface area contributed by atoms with E-state index in [9.17, 15) is 0 Å². The van der Waals surface area contributed by atoms with E-state index in [4.69, 9.17) is 4.74 Å². The van der Waals surface area contributed by atoms with Gasteiger partial charge in [-0.15, -0.1) is 0 Å². The number of aryl methyl sites for hydroxylation is 1. The molecule has 1 aromatic rings. The molecule has 2 atom stereocenters. The first-order valence-corrected chi connectivity index (χ1v) is 6.20. The second kappa shape index (κ2) is 5.35. The predicted octanol–water partition coefficient (Wildman–Crippen LogP) is 2.76. The molecular weight excluding hydrogens is 198 g/mol. The number of ether oxygens (including phenoxy) is 1. The highest BCUT2D eigenvalue weighted by Gasteiger charge is 2.21. The number of hydrogen-bond acceptors (Lipinski definition) is 2. The zero-order chi connectivity index (χ0) is 11.4. The van der Waals surface area contributed by atoms with Crippen LogP contribution in [0.1, 0.15) is 25.3 Å². The maximum absolute atomic E-state index is 6.09. The fraction of sp³-hybridized carbons (Fsp3) is 0.571. The van der Waals surface area contributed by atoms with Gasteiger partial charge in [-0.1, -0.05) is 19.1 Å². The van der Waals surface area contributed by atoms with Crippen LogP contribution in [0.25, 0.3) is 0 Å². The summed E-state index contributed by atoms with van der Waals surface area (Å²) in [6.07, 6.45) is 2.72. The summed E-state index contributed by atoms with van der Waals surface area (Å²) < 4.78 is 6.09. The van der Waals surface area contributed by atoms with Gasteiger partial charge in [-0.2, -0.15) is 0 Å². The third-order valence-electron chi connectivity index (χ3n) is 3.22. The van der Waals surface area contributed by atoms with Crippen molar-refractivity contribution in [3.63, 3.8) is 0 Å². The molecule has 0 saturated carbocycles. The Kier molecular flexibility index (Phi) is 3.83. The molecule has 1 fully saturated rings. The molecule has 1 heterocycles. The molecule has 0 radical (unpaired) electrons. The van der Waals surface area contributed by atoms with E-state index >= 15 is 0 Å². The van der Waals surface area contributed by atoms with Crippen molar-refractivity contribution in [1.82, 2.24) is 5.32 Å². The summed E-state index contributed by atoms with van der Waals surface area (Å²) in [5.74, 6) is 1.60. The van der Waals surface area contributed by atoms with E-state index in [1.54, 1.807) is 0 Å². The number of rotatable bonds is 2. The van der Waals surface area contributed by atoms with E-state index in [-0.39, 0.29) is 0 Å². The summed E-state index contributed by atoms with van der Waals surface area (Å²) in [6, 6.07) is 8.33. The van der Waals surface area contributed by atoms with Crippen LogP contribution in [0.2, 0.25) is 0 Å². The molecule has 1 aliphatic heterocycles. The van der Waals surface area contributed by atoms with E-state index in [1.165, 1.54) is 12.0 Å². The summed E-state index contributed by atoms with van der Waals surface area (Å²) in [5.41, 5.74) is 1.26.